The zero-order chi connectivity index (χ0) is 10.9. The Bertz CT molecular complexity index is 302. The highest BCUT2D eigenvalue weighted by molar-refractivity contribution is 6.34. The van der Waals surface area contributed by atoms with E-state index in [1.54, 1.807) is 6.33 Å². The number of nitrogens with zero attached hydrogens (tertiary/aromatic N) is 4. The van der Waals surface area contributed by atoms with Crippen molar-refractivity contribution in [2.75, 3.05) is 0 Å². The lowest BCUT2D eigenvalue weighted by atomic mass is 10.0. The van der Waals surface area contributed by atoms with Crippen LogP contribution in [0.5, 0.6) is 0 Å². The molecule has 1 rings (SSSR count). The largest absolute Gasteiger partial charge is 1.00 e. The van der Waals surface area contributed by atoms with E-state index in [-0.39, 0.29) is 17.9 Å². The first-order valence-corrected chi connectivity index (χ1v) is 5.00. The highest BCUT2D eigenvalue weighted by Gasteiger charge is 2.30. The standard InChI is InChI=1S/C8H15Cl2N4.ClH/c1-8(2,14(9)10)5-7-12(3)6-11-13(7)4;/h6H,5H2,1-4H3;1H/q+1;/p-1. The molecule has 1 aromatic heterocycles. The quantitative estimate of drug-likeness (QED) is 0.479. The van der Waals surface area contributed by atoms with Crippen molar-refractivity contribution in [3.8, 4) is 0 Å². The minimum atomic E-state index is -0.311. The van der Waals surface area contributed by atoms with Crippen LogP contribution in [0.3, 0.4) is 0 Å². The van der Waals surface area contributed by atoms with Gasteiger partial charge in [0.2, 0.25) is 5.82 Å². The van der Waals surface area contributed by atoms with Crippen LogP contribution in [0.2, 0.25) is 0 Å². The Kier molecular flexibility index (Phi) is 5.33. The number of aryl methyl sites for hydroxylation is 2. The maximum Gasteiger partial charge on any atom is 0.265 e. The molecule has 0 aliphatic heterocycles. The van der Waals surface area contributed by atoms with Crippen molar-refractivity contribution in [1.29, 1.82) is 0 Å². The molecule has 15 heavy (non-hydrogen) atoms. The van der Waals surface area contributed by atoms with Crippen LogP contribution in [0, 0.1) is 0 Å². The molecule has 7 heteroatoms. The Hall–Kier alpha value is -0.0300. The summed E-state index contributed by atoms with van der Waals surface area (Å²) in [5.41, 5.74) is -0.311. The van der Waals surface area contributed by atoms with Crippen molar-refractivity contribution in [2.24, 2.45) is 14.1 Å². The molecule has 4 nitrogen and oxygen atoms in total. The van der Waals surface area contributed by atoms with Crippen LogP contribution in [0.25, 0.3) is 0 Å². The summed E-state index contributed by atoms with van der Waals surface area (Å²) in [6.07, 6.45) is 2.49. The van der Waals surface area contributed by atoms with Crippen molar-refractivity contribution >= 4 is 23.6 Å². The average molecular weight is 274 g/mol. The van der Waals surface area contributed by atoms with Crippen LogP contribution in [0.15, 0.2) is 6.33 Å². The molecule has 0 aliphatic rings. The van der Waals surface area contributed by atoms with Crippen molar-refractivity contribution in [3.05, 3.63) is 12.2 Å². The van der Waals surface area contributed by atoms with Crippen molar-refractivity contribution in [3.63, 3.8) is 0 Å². The van der Waals surface area contributed by atoms with E-state index in [9.17, 15) is 0 Å². The lowest BCUT2D eigenvalue weighted by molar-refractivity contribution is -0.680. The maximum absolute atomic E-state index is 5.75. The molecule has 0 aliphatic carbocycles. The number of hydrogen-bond donors (Lipinski definition) is 0. The average Bonchev–Trinajstić information content (AvgIpc) is 2.35. The Balaban J connectivity index is 0.00000196. The fourth-order valence-electron chi connectivity index (χ4n) is 1.20. The summed E-state index contributed by atoms with van der Waals surface area (Å²) >= 11 is 11.5. The molecule has 88 valence electrons. The number of aromatic nitrogens is 3. The predicted molar refractivity (Wildman–Crippen MR) is 55.7 cm³/mol. The van der Waals surface area contributed by atoms with Crippen molar-refractivity contribution < 1.29 is 17.0 Å². The molecular formula is C8H15Cl3N4. The zero-order valence-corrected chi connectivity index (χ0v) is 11.5. The van der Waals surface area contributed by atoms with Gasteiger partial charge in [0.1, 0.15) is 0 Å². The molecule has 0 spiro atoms. The molecule has 0 atom stereocenters. The summed E-state index contributed by atoms with van der Waals surface area (Å²) in [4.78, 5) is 0. The predicted octanol–water partition coefficient (Wildman–Crippen LogP) is -1.82. The molecular weight excluding hydrogens is 258 g/mol. The molecule has 0 aromatic carbocycles. The molecule has 0 fully saturated rings. The summed E-state index contributed by atoms with van der Waals surface area (Å²) in [6, 6.07) is 0. The summed E-state index contributed by atoms with van der Waals surface area (Å²) in [5, 5.41) is 4.13. The van der Waals surface area contributed by atoms with Crippen LogP contribution in [0.1, 0.15) is 19.7 Å². The Labute approximate surface area is 106 Å². The minimum Gasteiger partial charge on any atom is -1.00 e. The van der Waals surface area contributed by atoms with Gasteiger partial charge in [0, 0.05) is 5.10 Å². The monoisotopic (exact) mass is 272 g/mol. The second kappa shape index (κ2) is 5.34. The Morgan fingerprint density at radius 3 is 2.40 bits per heavy atom. The van der Waals surface area contributed by atoms with E-state index in [0.717, 1.165) is 12.2 Å². The van der Waals surface area contributed by atoms with Gasteiger partial charge in [-0.05, 0) is 37.4 Å². The summed E-state index contributed by atoms with van der Waals surface area (Å²) in [7, 11) is 3.85. The molecule has 1 aromatic rings. The van der Waals surface area contributed by atoms with E-state index < -0.39 is 0 Å². The number of rotatable bonds is 3. The van der Waals surface area contributed by atoms with E-state index in [4.69, 9.17) is 23.6 Å². The maximum atomic E-state index is 5.75. The Morgan fingerprint density at radius 1 is 1.53 bits per heavy atom. The van der Waals surface area contributed by atoms with Crippen molar-refractivity contribution in [2.45, 2.75) is 25.8 Å². The van der Waals surface area contributed by atoms with Gasteiger partial charge in [0.05, 0.1) is 26.1 Å². The van der Waals surface area contributed by atoms with Gasteiger partial charge in [0.25, 0.3) is 6.33 Å². The minimum absolute atomic E-state index is 0. The van der Waals surface area contributed by atoms with Crippen LogP contribution >= 0.6 is 23.6 Å². The molecule has 0 saturated heterocycles. The third-order valence-electron chi connectivity index (χ3n) is 2.23. The lowest BCUT2D eigenvalue weighted by Crippen LogP contribution is -3.00. The van der Waals surface area contributed by atoms with Crippen LogP contribution in [0.4, 0.5) is 0 Å². The molecule has 0 radical (unpaired) electrons. The van der Waals surface area contributed by atoms with Crippen LogP contribution in [-0.4, -0.2) is 19.3 Å². The normalized spacial score (nSPS) is 11.7. The fraction of sp³-hybridized carbons (Fsp3) is 0.750. The highest BCUT2D eigenvalue weighted by Crippen LogP contribution is 2.22. The first-order valence-electron chi connectivity index (χ1n) is 4.33. The van der Waals surface area contributed by atoms with E-state index >= 15 is 0 Å². The summed E-state index contributed by atoms with van der Waals surface area (Å²) < 4.78 is 4.96. The van der Waals surface area contributed by atoms with Crippen LogP contribution < -0.4 is 17.0 Å². The van der Waals surface area contributed by atoms with E-state index in [0.29, 0.717) is 0 Å². The fourth-order valence-corrected chi connectivity index (χ4v) is 1.32. The lowest BCUT2D eigenvalue weighted by Gasteiger charge is -2.25. The van der Waals surface area contributed by atoms with Gasteiger partial charge < -0.3 is 12.4 Å². The third kappa shape index (κ3) is 3.48. The third-order valence-corrected chi connectivity index (χ3v) is 3.14. The Morgan fingerprint density at radius 2 is 2.07 bits per heavy atom. The summed E-state index contributed by atoms with van der Waals surface area (Å²) in [5.74, 6) is 1.07. The number of halogens is 3. The van der Waals surface area contributed by atoms with Gasteiger partial charge in [0.15, 0.2) is 0 Å². The van der Waals surface area contributed by atoms with Gasteiger partial charge in [-0.1, -0.05) is 0 Å². The van der Waals surface area contributed by atoms with Gasteiger partial charge in [-0.3, -0.25) is 0 Å². The first-order chi connectivity index (χ1) is 6.34. The smallest absolute Gasteiger partial charge is 0.265 e. The second-order valence-electron chi connectivity index (χ2n) is 4.00. The van der Waals surface area contributed by atoms with Gasteiger partial charge in [-0.25, -0.2) is 4.57 Å². The molecule has 0 amide bonds. The second-order valence-corrected chi connectivity index (χ2v) is 4.85. The molecule has 0 N–H and O–H groups in total. The highest BCUT2D eigenvalue weighted by atomic mass is 35.5. The first kappa shape index (κ1) is 15.0. The SMILES string of the molecule is Cn1nc[n+](C)c1CC(C)(C)N(Cl)Cl.[Cl-]. The molecule has 0 unspecified atom stereocenters. The summed E-state index contributed by atoms with van der Waals surface area (Å²) in [6.45, 7) is 3.94. The molecule has 1 heterocycles. The zero-order valence-electron chi connectivity index (χ0n) is 9.21. The van der Waals surface area contributed by atoms with Crippen LogP contribution in [-0.2, 0) is 20.5 Å². The van der Waals surface area contributed by atoms with Gasteiger partial charge in [-0.15, -0.1) is 8.62 Å². The topological polar surface area (TPSA) is 24.9 Å². The van der Waals surface area contributed by atoms with E-state index in [1.807, 2.05) is 37.2 Å². The van der Waals surface area contributed by atoms with Gasteiger partial charge in [-0.2, -0.15) is 0 Å². The van der Waals surface area contributed by atoms with Gasteiger partial charge >= 0.3 is 0 Å². The van der Waals surface area contributed by atoms with E-state index in [2.05, 4.69) is 5.10 Å². The van der Waals surface area contributed by atoms with Crippen molar-refractivity contribution in [1.82, 2.24) is 13.7 Å². The molecule has 0 bridgehead atoms. The van der Waals surface area contributed by atoms with E-state index in [1.165, 1.54) is 3.94 Å². The molecule has 0 saturated carbocycles. The number of hydrogen-bond acceptors (Lipinski definition) is 2.